The first-order chi connectivity index (χ1) is 16.3. The van der Waals surface area contributed by atoms with Gasteiger partial charge in [0.25, 0.3) is 5.56 Å². The van der Waals surface area contributed by atoms with E-state index in [2.05, 4.69) is 52.0 Å². The summed E-state index contributed by atoms with van der Waals surface area (Å²) >= 11 is 0. The summed E-state index contributed by atoms with van der Waals surface area (Å²) in [6.07, 6.45) is 5.88. The molecule has 0 radical (unpaired) electrons. The Balaban J connectivity index is 1.43. The number of nitrogens with zero attached hydrogens (tertiary/aromatic N) is 5. The fourth-order valence-corrected chi connectivity index (χ4v) is 5.41. The van der Waals surface area contributed by atoms with Gasteiger partial charge in [-0.15, -0.1) is 0 Å². The number of aryl methyl sites for hydroxylation is 3. The number of H-pyrrole nitrogens is 1. The van der Waals surface area contributed by atoms with E-state index >= 15 is 0 Å². The third-order valence-corrected chi connectivity index (χ3v) is 7.32. The number of pyridine rings is 1. The van der Waals surface area contributed by atoms with Gasteiger partial charge < -0.3 is 9.55 Å². The van der Waals surface area contributed by atoms with Crippen LogP contribution < -0.4 is 5.56 Å². The number of hydrogen-bond acceptors (Lipinski definition) is 4. The van der Waals surface area contributed by atoms with Crippen molar-refractivity contribution in [1.82, 2.24) is 29.2 Å². The Bertz CT molecular complexity index is 1360. The first-order valence-electron chi connectivity index (χ1n) is 12.2. The van der Waals surface area contributed by atoms with E-state index in [-0.39, 0.29) is 5.56 Å². The number of aromatic amines is 1. The van der Waals surface area contributed by atoms with Gasteiger partial charge in [0.05, 0.1) is 12.2 Å². The Hall–Kier alpha value is -3.19. The molecule has 178 valence electrons. The van der Waals surface area contributed by atoms with Crippen LogP contribution in [0.25, 0.3) is 22.2 Å². The van der Waals surface area contributed by atoms with E-state index < -0.39 is 0 Å². The van der Waals surface area contributed by atoms with Gasteiger partial charge in [0, 0.05) is 42.3 Å². The number of hydrogen-bond donors (Lipinski definition) is 1. The lowest BCUT2D eigenvalue weighted by Crippen LogP contribution is -2.33. The number of fused-ring (bicyclic) bond motifs is 1. The third kappa shape index (κ3) is 4.09. The fraction of sp³-hybridized carbons (Fsp3) is 0.444. The molecule has 0 atom stereocenters. The minimum Gasteiger partial charge on any atom is -0.354 e. The maximum atomic E-state index is 12.2. The highest BCUT2D eigenvalue weighted by atomic mass is 16.1. The number of rotatable bonds is 5. The van der Waals surface area contributed by atoms with Crippen LogP contribution in [0.1, 0.15) is 61.0 Å². The molecule has 34 heavy (non-hydrogen) atoms. The number of likely N-dealkylation sites (tertiary alicyclic amines) is 1. The third-order valence-electron chi connectivity index (χ3n) is 7.32. The van der Waals surface area contributed by atoms with Crippen LogP contribution in [-0.4, -0.2) is 42.3 Å². The Morgan fingerprint density at radius 1 is 1.15 bits per heavy atom. The Kier molecular flexibility index (Phi) is 5.90. The van der Waals surface area contributed by atoms with E-state index in [9.17, 15) is 4.79 Å². The number of piperidine rings is 1. The highest BCUT2D eigenvalue weighted by molar-refractivity contribution is 5.92. The highest BCUT2D eigenvalue weighted by Gasteiger charge is 2.23. The highest BCUT2D eigenvalue weighted by Crippen LogP contribution is 2.38. The molecule has 0 saturated carbocycles. The molecule has 0 spiro atoms. The van der Waals surface area contributed by atoms with Crippen LogP contribution in [0.15, 0.2) is 41.6 Å². The van der Waals surface area contributed by atoms with E-state index in [1.54, 1.807) is 10.9 Å². The van der Waals surface area contributed by atoms with Crippen LogP contribution in [0, 0.1) is 6.92 Å². The maximum absolute atomic E-state index is 12.2. The SMILES string of the molecule is Cc1cc(-c2[nH]c3ccc(C4CCN(Cc5ncnn5C)CC4)cc3c2C(C)C)cn(C)c1=O. The van der Waals surface area contributed by atoms with Crippen molar-refractivity contribution in [1.29, 1.82) is 0 Å². The molecular formula is C27H34N6O. The Morgan fingerprint density at radius 2 is 1.91 bits per heavy atom. The average molecular weight is 459 g/mol. The maximum Gasteiger partial charge on any atom is 0.253 e. The Morgan fingerprint density at radius 3 is 2.56 bits per heavy atom. The lowest BCUT2D eigenvalue weighted by Gasteiger charge is -2.31. The van der Waals surface area contributed by atoms with Gasteiger partial charge in [-0.2, -0.15) is 5.10 Å². The zero-order valence-corrected chi connectivity index (χ0v) is 20.8. The zero-order chi connectivity index (χ0) is 24.0. The van der Waals surface area contributed by atoms with Crippen LogP contribution in [0.3, 0.4) is 0 Å². The van der Waals surface area contributed by atoms with E-state index in [0.29, 0.717) is 11.8 Å². The molecule has 0 aliphatic carbocycles. The first-order valence-corrected chi connectivity index (χ1v) is 12.2. The second-order valence-electron chi connectivity index (χ2n) is 10.1. The second kappa shape index (κ2) is 8.87. The molecule has 1 aliphatic rings. The first kappa shape index (κ1) is 22.6. The number of benzene rings is 1. The molecule has 1 aliphatic heterocycles. The summed E-state index contributed by atoms with van der Waals surface area (Å²) in [5.74, 6) is 1.96. The minimum atomic E-state index is 0.0544. The molecule has 4 aromatic rings. The van der Waals surface area contributed by atoms with Crippen molar-refractivity contribution >= 4 is 10.9 Å². The summed E-state index contributed by atoms with van der Waals surface area (Å²) in [7, 11) is 3.78. The van der Waals surface area contributed by atoms with Crippen LogP contribution in [0.2, 0.25) is 0 Å². The van der Waals surface area contributed by atoms with Crippen molar-refractivity contribution in [2.24, 2.45) is 14.1 Å². The predicted octanol–water partition coefficient (Wildman–Crippen LogP) is 4.47. The quantitative estimate of drug-likeness (QED) is 0.479. The summed E-state index contributed by atoms with van der Waals surface area (Å²) in [6.45, 7) is 9.39. The molecule has 0 bridgehead atoms. The molecular weight excluding hydrogens is 424 g/mol. The molecule has 5 rings (SSSR count). The predicted molar refractivity (Wildman–Crippen MR) is 136 cm³/mol. The van der Waals surface area contributed by atoms with Crippen LogP contribution in [0.4, 0.5) is 0 Å². The second-order valence-corrected chi connectivity index (χ2v) is 10.1. The van der Waals surface area contributed by atoms with E-state index in [1.807, 2.05) is 38.0 Å². The molecule has 7 heteroatoms. The van der Waals surface area contributed by atoms with E-state index in [1.165, 1.54) is 16.5 Å². The molecule has 1 N–H and O–H groups in total. The van der Waals surface area contributed by atoms with Gasteiger partial charge in [-0.05, 0) is 74.0 Å². The summed E-state index contributed by atoms with van der Waals surface area (Å²) in [5, 5.41) is 5.49. The number of aromatic nitrogens is 5. The summed E-state index contributed by atoms with van der Waals surface area (Å²) in [4.78, 5) is 22.8. The fourth-order valence-electron chi connectivity index (χ4n) is 5.41. The summed E-state index contributed by atoms with van der Waals surface area (Å²) in [5.41, 5.74) is 6.93. The zero-order valence-electron chi connectivity index (χ0n) is 20.8. The van der Waals surface area contributed by atoms with Gasteiger partial charge in [-0.1, -0.05) is 19.9 Å². The van der Waals surface area contributed by atoms with Crippen molar-refractivity contribution in [3.05, 3.63) is 69.7 Å². The topological polar surface area (TPSA) is 71.7 Å². The van der Waals surface area contributed by atoms with Crippen molar-refractivity contribution in [2.45, 2.75) is 52.0 Å². The largest absolute Gasteiger partial charge is 0.354 e. The summed E-state index contributed by atoms with van der Waals surface area (Å²) < 4.78 is 3.55. The molecule has 1 fully saturated rings. The number of nitrogens with one attached hydrogen (secondary N) is 1. The van der Waals surface area contributed by atoms with Crippen LogP contribution >= 0.6 is 0 Å². The monoisotopic (exact) mass is 458 g/mol. The normalized spacial score (nSPS) is 15.6. The molecule has 7 nitrogen and oxygen atoms in total. The van der Waals surface area contributed by atoms with Gasteiger partial charge in [0.15, 0.2) is 0 Å². The lowest BCUT2D eigenvalue weighted by atomic mass is 9.87. The standard InChI is InChI=1S/C27H34N6O/c1-17(2)25-22-13-20(19-8-10-33(11-9-19)15-24-28-16-29-32(24)5)6-7-23(22)30-26(25)21-12-18(3)27(34)31(4)14-21/h6-7,12-14,16-17,19,30H,8-11,15H2,1-5H3. The molecule has 1 aromatic carbocycles. The van der Waals surface area contributed by atoms with E-state index in [0.717, 1.165) is 60.6 Å². The van der Waals surface area contributed by atoms with Gasteiger partial charge in [-0.25, -0.2) is 4.98 Å². The smallest absolute Gasteiger partial charge is 0.253 e. The minimum absolute atomic E-state index is 0.0544. The molecule has 1 saturated heterocycles. The molecule has 4 heterocycles. The van der Waals surface area contributed by atoms with Gasteiger partial charge in [0.1, 0.15) is 12.2 Å². The summed E-state index contributed by atoms with van der Waals surface area (Å²) in [6, 6.07) is 8.94. The van der Waals surface area contributed by atoms with Crippen LogP contribution in [0.5, 0.6) is 0 Å². The van der Waals surface area contributed by atoms with Gasteiger partial charge in [-0.3, -0.25) is 14.4 Å². The van der Waals surface area contributed by atoms with Gasteiger partial charge >= 0.3 is 0 Å². The lowest BCUT2D eigenvalue weighted by molar-refractivity contribution is 0.198. The molecule has 0 amide bonds. The van der Waals surface area contributed by atoms with E-state index in [4.69, 9.17) is 0 Å². The van der Waals surface area contributed by atoms with Crippen LogP contribution in [-0.2, 0) is 20.6 Å². The molecule has 3 aromatic heterocycles. The van der Waals surface area contributed by atoms with Crippen molar-refractivity contribution in [3.8, 4) is 11.3 Å². The average Bonchev–Trinajstić information content (AvgIpc) is 3.40. The molecule has 0 unspecified atom stereocenters. The van der Waals surface area contributed by atoms with Gasteiger partial charge in [0.2, 0.25) is 0 Å². The van der Waals surface area contributed by atoms with Crippen molar-refractivity contribution in [2.75, 3.05) is 13.1 Å². The Labute approximate surface area is 200 Å². The van der Waals surface area contributed by atoms with Crippen molar-refractivity contribution in [3.63, 3.8) is 0 Å². The van der Waals surface area contributed by atoms with Crippen molar-refractivity contribution < 1.29 is 0 Å².